The minimum absolute atomic E-state index is 0.280. The normalized spacial score (nSPS) is 25.9. The first kappa shape index (κ1) is 12.5. The van der Waals surface area contributed by atoms with Gasteiger partial charge in [0.25, 0.3) is 0 Å². The number of likely N-dealkylation sites (tertiary alicyclic amines) is 1. The van der Waals surface area contributed by atoms with E-state index in [0.717, 1.165) is 6.54 Å². The number of hydrogen-bond donors (Lipinski definition) is 1. The Labute approximate surface area is 93.5 Å². The molecule has 0 amide bonds. The summed E-state index contributed by atoms with van der Waals surface area (Å²) in [6, 6.07) is 2.72. The average Bonchev–Trinajstić information content (AvgIpc) is 2.18. The Hall–Kier alpha value is -0.590. The van der Waals surface area contributed by atoms with E-state index in [0.29, 0.717) is 12.0 Å². The minimum atomic E-state index is -0.280. The first-order valence-electron chi connectivity index (χ1n) is 5.78. The smallest absolute Gasteiger partial charge is 0.0700 e. The van der Waals surface area contributed by atoms with Crippen molar-refractivity contribution < 1.29 is 0 Å². The molecule has 2 unspecified atom stereocenters. The molecule has 0 radical (unpaired) electrons. The second kappa shape index (κ2) is 4.96. The quantitative estimate of drug-likeness (QED) is 0.765. The molecule has 3 nitrogen and oxygen atoms in total. The third kappa shape index (κ3) is 2.93. The number of rotatable bonds is 3. The number of piperidine rings is 1. The summed E-state index contributed by atoms with van der Waals surface area (Å²) in [5.41, 5.74) is -0.280. The lowest BCUT2D eigenvalue weighted by molar-refractivity contribution is 0.135. The van der Waals surface area contributed by atoms with Crippen molar-refractivity contribution in [3.63, 3.8) is 0 Å². The Bertz CT molecular complexity index is 242. The molecule has 1 N–H and O–H groups in total. The van der Waals surface area contributed by atoms with Gasteiger partial charge in [-0.3, -0.25) is 0 Å². The van der Waals surface area contributed by atoms with Crippen molar-refractivity contribution in [3.8, 4) is 6.07 Å². The standard InChI is InChI=1S/C12H23N3/c1-12(2,9-13)11(14-3)10-6-5-7-15(4)8-10/h10-11,14H,5-8H2,1-4H3. The first-order chi connectivity index (χ1) is 7.01. The van der Waals surface area contributed by atoms with Crippen LogP contribution in [0.15, 0.2) is 0 Å². The van der Waals surface area contributed by atoms with Gasteiger partial charge in [-0.05, 0) is 53.2 Å². The summed E-state index contributed by atoms with van der Waals surface area (Å²) in [6.45, 7) is 6.36. The molecule has 0 saturated carbocycles. The fourth-order valence-corrected chi connectivity index (χ4v) is 2.73. The van der Waals surface area contributed by atoms with Crippen LogP contribution < -0.4 is 5.32 Å². The topological polar surface area (TPSA) is 39.1 Å². The zero-order valence-corrected chi connectivity index (χ0v) is 10.4. The van der Waals surface area contributed by atoms with Gasteiger partial charge in [0.05, 0.1) is 11.5 Å². The van der Waals surface area contributed by atoms with Gasteiger partial charge < -0.3 is 10.2 Å². The van der Waals surface area contributed by atoms with E-state index < -0.39 is 0 Å². The van der Waals surface area contributed by atoms with Crippen LogP contribution >= 0.6 is 0 Å². The Kier molecular flexibility index (Phi) is 4.12. The van der Waals surface area contributed by atoms with E-state index in [2.05, 4.69) is 23.3 Å². The largest absolute Gasteiger partial charge is 0.315 e. The molecule has 0 aliphatic carbocycles. The van der Waals surface area contributed by atoms with Gasteiger partial charge in [-0.2, -0.15) is 5.26 Å². The van der Waals surface area contributed by atoms with Gasteiger partial charge in [-0.1, -0.05) is 0 Å². The summed E-state index contributed by atoms with van der Waals surface area (Å²) in [4.78, 5) is 2.37. The van der Waals surface area contributed by atoms with Crippen LogP contribution in [0, 0.1) is 22.7 Å². The molecule has 0 bridgehead atoms. The fraction of sp³-hybridized carbons (Fsp3) is 0.917. The number of nitrogens with one attached hydrogen (secondary N) is 1. The van der Waals surface area contributed by atoms with Crippen molar-refractivity contribution >= 4 is 0 Å². The second-order valence-electron chi connectivity index (χ2n) is 5.26. The van der Waals surface area contributed by atoms with Gasteiger partial charge in [-0.25, -0.2) is 0 Å². The average molecular weight is 209 g/mol. The third-order valence-corrected chi connectivity index (χ3v) is 3.51. The molecule has 1 aliphatic rings. The molecule has 0 spiro atoms. The first-order valence-corrected chi connectivity index (χ1v) is 5.78. The van der Waals surface area contributed by atoms with Crippen molar-refractivity contribution in [3.05, 3.63) is 0 Å². The molecule has 1 fully saturated rings. The van der Waals surface area contributed by atoms with Gasteiger partial charge in [0.1, 0.15) is 0 Å². The Morgan fingerprint density at radius 2 is 2.20 bits per heavy atom. The highest BCUT2D eigenvalue weighted by molar-refractivity contribution is 5.03. The van der Waals surface area contributed by atoms with Crippen LogP contribution in [0.4, 0.5) is 0 Å². The Morgan fingerprint density at radius 3 is 2.67 bits per heavy atom. The summed E-state index contributed by atoms with van der Waals surface area (Å²) in [6.07, 6.45) is 2.49. The van der Waals surface area contributed by atoms with Crippen molar-refractivity contribution in [2.24, 2.45) is 11.3 Å². The number of hydrogen-bond acceptors (Lipinski definition) is 3. The van der Waals surface area contributed by atoms with Crippen LogP contribution in [0.3, 0.4) is 0 Å². The van der Waals surface area contributed by atoms with E-state index in [1.807, 2.05) is 20.9 Å². The fourth-order valence-electron chi connectivity index (χ4n) is 2.73. The lowest BCUT2D eigenvalue weighted by atomic mass is 9.75. The molecule has 1 aliphatic heterocycles. The maximum absolute atomic E-state index is 9.19. The monoisotopic (exact) mass is 209 g/mol. The summed E-state index contributed by atoms with van der Waals surface area (Å²) in [5.74, 6) is 0.600. The maximum atomic E-state index is 9.19. The summed E-state index contributed by atoms with van der Waals surface area (Å²) in [5, 5.41) is 12.5. The van der Waals surface area contributed by atoms with Crippen LogP contribution in [0.2, 0.25) is 0 Å². The van der Waals surface area contributed by atoms with Gasteiger partial charge in [0, 0.05) is 12.6 Å². The molecule has 1 rings (SSSR count). The molecule has 2 atom stereocenters. The summed E-state index contributed by atoms with van der Waals surface area (Å²) in [7, 11) is 4.14. The van der Waals surface area contributed by atoms with Crippen LogP contribution in [-0.4, -0.2) is 38.1 Å². The van der Waals surface area contributed by atoms with Gasteiger partial charge in [-0.15, -0.1) is 0 Å². The molecule has 1 saturated heterocycles. The number of nitrogens with zero attached hydrogens (tertiary/aromatic N) is 2. The second-order valence-corrected chi connectivity index (χ2v) is 5.26. The van der Waals surface area contributed by atoms with Crippen LogP contribution in [-0.2, 0) is 0 Å². The summed E-state index contributed by atoms with van der Waals surface area (Å²) < 4.78 is 0. The highest BCUT2D eigenvalue weighted by Crippen LogP contribution is 2.30. The zero-order valence-electron chi connectivity index (χ0n) is 10.4. The van der Waals surface area contributed by atoms with Gasteiger partial charge in [0.15, 0.2) is 0 Å². The van der Waals surface area contributed by atoms with Gasteiger partial charge in [0.2, 0.25) is 0 Å². The van der Waals surface area contributed by atoms with E-state index in [-0.39, 0.29) is 5.41 Å². The van der Waals surface area contributed by atoms with E-state index in [9.17, 15) is 5.26 Å². The van der Waals surface area contributed by atoms with Crippen molar-refractivity contribution in [2.75, 3.05) is 27.2 Å². The molecule has 0 aromatic rings. The predicted molar refractivity (Wildman–Crippen MR) is 62.5 cm³/mol. The lowest BCUT2D eigenvalue weighted by Crippen LogP contribution is -2.50. The predicted octanol–water partition coefficient (Wildman–Crippen LogP) is 1.47. The van der Waals surface area contributed by atoms with Crippen molar-refractivity contribution in [1.82, 2.24) is 10.2 Å². The zero-order chi connectivity index (χ0) is 11.5. The van der Waals surface area contributed by atoms with Crippen molar-refractivity contribution in [1.29, 1.82) is 5.26 Å². The van der Waals surface area contributed by atoms with E-state index in [4.69, 9.17) is 0 Å². The Balaban J connectivity index is 2.70. The molecular weight excluding hydrogens is 186 g/mol. The minimum Gasteiger partial charge on any atom is -0.315 e. The Morgan fingerprint density at radius 1 is 1.53 bits per heavy atom. The maximum Gasteiger partial charge on any atom is 0.0700 e. The molecule has 86 valence electrons. The van der Waals surface area contributed by atoms with Crippen LogP contribution in [0.1, 0.15) is 26.7 Å². The molecule has 0 aromatic heterocycles. The van der Waals surface area contributed by atoms with Crippen LogP contribution in [0.5, 0.6) is 0 Å². The molecule has 15 heavy (non-hydrogen) atoms. The third-order valence-electron chi connectivity index (χ3n) is 3.51. The van der Waals surface area contributed by atoms with Crippen LogP contribution in [0.25, 0.3) is 0 Å². The van der Waals surface area contributed by atoms with E-state index in [1.165, 1.54) is 19.4 Å². The van der Waals surface area contributed by atoms with E-state index in [1.54, 1.807) is 0 Å². The SMILES string of the molecule is CNC(C1CCCN(C)C1)C(C)(C)C#N. The highest BCUT2D eigenvalue weighted by Gasteiger charge is 2.36. The lowest BCUT2D eigenvalue weighted by Gasteiger charge is -2.39. The van der Waals surface area contributed by atoms with Gasteiger partial charge >= 0.3 is 0 Å². The molecule has 0 aromatic carbocycles. The highest BCUT2D eigenvalue weighted by atomic mass is 15.1. The molecule has 3 heteroatoms. The van der Waals surface area contributed by atoms with Crippen molar-refractivity contribution in [2.45, 2.75) is 32.7 Å². The molecule has 1 heterocycles. The number of nitriles is 1. The molecular formula is C12H23N3. The summed E-state index contributed by atoms with van der Waals surface area (Å²) >= 11 is 0. The van der Waals surface area contributed by atoms with E-state index >= 15 is 0 Å².